The van der Waals surface area contributed by atoms with Crippen molar-refractivity contribution in [3.05, 3.63) is 30.1 Å². The van der Waals surface area contributed by atoms with Crippen LogP contribution in [0.4, 0.5) is 5.69 Å². The van der Waals surface area contributed by atoms with Crippen molar-refractivity contribution in [2.75, 3.05) is 25.0 Å². The maximum absolute atomic E-state index is 12.9. The summed E-state index contributed by atoms with van der Waals surface area (Å²) in [5.74, 6) is -1.26. The van der Waals surface area contributed by atoms with Gasteiger partial charge in [0.2, 0.25) is 10.0 Å². The van der Waals surface area contributed by atoms with Gasteiger partial charge in [-0.05, 0) is 47.9 Å². The molecule has 1 saturated heterocycles. The predicted molar refractivity (Wildman–Crippen MR) is 101 cm³/mol. The van der Waals surface area contributed by atoms with E-state index in [-0.39, 0.29) is 11.4 Å². The van der Waals surface area contributed by atoms with Gasteiger partial charge in [0, 0.05) is 18.8 Å². The highest BCUT2D eigenvalue weighted by molar-refractivity contribution is 7.89. The van der Waals surface area contributed by atoms with Crippen molar-refractivity contribution in [2.24, 2.45) is 0 Å². The fourth-order valence-electron chi connectivity index (χ4n) is 2.97. The number of nitrogens with zero attached hydrogens (tertiary/aromatic N) is 5. The molecule has 11 nitrogen and oxygen atoms in total. The van der Waals surface area contributed by atoms with Crippen LogP contribution in [0.3, 0.4) is 0 Å². The van der Waals surface area contributed by atoms with E-state index in [0.717, 1.165) is 23.9 Å². The minimum Gasteiger partial charge on any atom is -0.454 e. The van der Waals surface area contributed by atoms with Gasteiger partial charge in [0.1, 0.15) is 12.9 Å². The Bertz CT molecular complexity index is 970. The van der Waals surface area contributed by atoms with E-state index < -0.39 is 28.5 Å². The molecule has 1 fully saturated rings. The molecule has 0 saturated carbocycles. The number of hydrogen-bond donors (Lipinski definition) is 1. The van der Waals surface area contributed by atoms with Crippen LogP contribution < -0.4 is 5.32 Å². The first-order valence-corrected chi connectivity index (χ1v) is 10.6. The van der Waals surface area contributed by atoms with Crippen LogP contribution in [-0.4, -0.2) is 64.5 Å². The van der Waals surface area contributed by atoms with E-state index in [1.807, 2.05) is 0 Å². The van der Waals surface area contributed by atoms with Crippen molar-refractivity contribution in [2.45, 2.75) is 37.6 Å². The maximum Gasteiger partial charge on any atom is 0.328 e. The number of benzene rings is 1. The number of hydrogen-bond acceptors (Lipinski definition) is 8. The third-order valence-corrected chi connectivity index (χ3v) is 6.49. The summed E-state index contributed by atoms with van der Waals surface area (Å²) >= 11 is 0. The van der Waals surface area contributed by atoms with Gasteiger partial charge in [-0.25, -0.2) is 13.1 Å². The molecule has 1 aliphatic rings. The Labute approximate surface area is 168 Å². The fraction of sp³-hybridized carbons (Fsp3) is 0.471. The smallest absolute Gasteiger partial charge is 0.328 e. The largest absolute Gasteiger partial charge is 0.454 e. The Morgan fingerprint density at radius 2 is 1.97 bits per heavy atom. The van der Waals surface area contributed by atoms with Crippen molar-refractivity contribution in [3.63, 3.8) is 0 Å². The molecular weight excluding hydrogens is 400 g/mol. The summed E-state index contributed by atoms with van der Waals surface area (Å²) < 4.78 is 33.4. The molecule has 1 amide bonds. The number of tetrazole rings is 1. The summed E-state index contributed by atoms with van der Waals surface area (Å²) in [6.07, 6.45) is 3.95. The first-order valence-electron chi connectivity index (χ1n) is 9.13. The molecule has 1 aromatic carbocycles. The van der Waals surface area contributed by atoms with Crippen LogP contribution in [0.15, 0.2) is 29.4 Å². The summed E-state index contributed by atoms with van der Waals surface area (Å²) in [7, 11) is -3.63. The van der Waals surface area contributed by atoms with Gasteiger partial charge in [-0.2, -0.15) is 4.31 Å². The second-order valence-corrected chi connectivity index (χ2v) is 8.57. The number of anilines is 1. The van der Waals surface area contributed by atoms with Gasteiger partial charge in [0.05, 0.1) is 4.90 Å². The topological polar surface area (TPSA) is 136 Å². The number of piperidine rings is 1. The van der Waals surface area contributed by atoms with Gasteiger partial charge in [0.25, 0.3) is 5.91 Å². The number of aromatic nitrogens is 4. The molecule has 0 unspecified atom stereocenters. The zero-order chi connectivity index (χ0) is 20.9. The van der Waals surface area contributed by atoms with Crippen LogP contribution in [0.5, 0.6) is 0 Å². The van der Waals surface area contributed by atoms with E-state index in [2.05, 4.69) is 20.8 Å². The normalized spacial score (nSPS) is 15.1. The number of carbonyl (C=O) groups is 2. The zero-order valence-corrected chi connectivity index (χ0v) is 16.8. The lowest BCUT2D eigenvalue weighted by Crippen LogP contribution is -2.36. The molecule has 2 heterocycles. The van der Waals surface area contributed by atoms with Crippen LogP contribution in [0, 0.1) is 6.92 Å². The van der Waals surface area contributed by atoms with Crippen molar-refractivity contribution in [1.29, 1.82) is 0 Å². The highest BCUT2D eigenvalue weighted by Crippen LogP contribution is 2.26. The number of nitrogens with one attached hydrogen (secondary N) is 1. The molecule has 0 atom stereocenters. The minimum absolute atomic E-state index is 0.160. The summed E-state index contributed by atoms with van der Waals surface area (Å²) in [5.41, 5.74) is 0.911. The lowest BCUT2D eigenvalue weighted by molar-refractivity contribution is -0.148. The summed E-state index contributed by atoms with van der Waals surface area (Å²) in [6.45, 7) is 1.97. The number of ether oxygens (including phenoxy) is 1. The average Bonchev–Trinajstić information content (AvgIpc) is 3.21. The zero-order valence-electron chi connectivity index (χ0n) is 15.9. The molecule has 29 heavy (non-hydrogen) atoms. The molecule has 0 spiro atoms. The van der Waals surface area contributed by atoms with E-state index in [0.29, 0.717) is 24.3 Å². The summed E-state index contributed by atoms with van der Waals surface area (Å²) in [4.78, 5) is 23.9. The van der Waals surface area contributed by atoms with Gasteiger partial charge in [-0.1, -0.05) is 12.5 Å². The molecule has 156 valence electrons. The molecule has 2 aromatic rings. The van der Waals surface area contributed by atoms with Gasteiger partial charge < -0.3 is 10.1 Å². The summed E-state index contributed by atoms with van der Waals surface area (Å²) in [6, 6.07) is 4.67. The molecule has 1 aliphatic heterocycles. The van der Waals surface area contributed by atoms with E-state index in [9.17, 15) is 18.0 Å². The van der Waals surface area contributed by atoms with Gasteiger partial charge in [-0.3, -0.25) is 9.59 Å². The van der Waals surface area contributed by atoms with Gasteiger partial charge in [-0.15, -0.1) is 5.10 Å². The Hall–Kier alpha value is -2.86. The number of amides is 1. The van der Waals surface area contributed by atoms with Crippen molar-refractivity contribution >= 4 is 27.6 Å². The molecule has 0 radical (unpaired) electrons. The molecule has 1 N–H and O–H groups in total. The Morgan fingerprint density at radius 3 is 2.66 bits per heavy atom. The quantitative estimate of drug-likeness (QED) is 0.631. The lowest BCUT2D eigenvalue weighted by Gasteiger charge is -2.26. The van der Waals surface area contributed by atoms with E-state index in [4.69, 9.17) is 4.74 Å². The first-order chi connectivity index (χ1) is 13.9. The van der Waals surface area contributed by atoms with E-state index in [1.54, 1.807) is 19.1 Å². The van der Waals surface area contributed by atoms with Gasteiger partial charge in [0.15, 0.2) is 6.61 Å². The van der Waals surface area contributed by atoms with Crippen LogP contribution in [0.25, 0.3) is 0 Å². The second kappa shape index (κ2) is 9.09. The second-order valence-electron chi connectivity index (χ2n) is 6.66. The molecule has 0 bridgehead atoms. The van der Waals surface area contributed by atoms with Crippen LogP contribution in [-0.2, 0) is 30.9 Å². The SMILES string of the molecule is Cc1ccc(NC(=O)COC(=O)Cn2cnnn2)cc1S(=O)(=O)N1CCCCC1. The monoisotopic (exact) mass is 422 g/mol. The lowest BCUT2D eigenvalue weighted by atomic mass is 10.2. The number of sulfonamides is 1. The molecular formula is C17H22N6O5S. The van der Waals surface area contributed by atoms with Crippen molar-refractivity contribution < 1.29 is 22.7 Å². The summed E-state index contributed by atoms with van der Waals surface area (Å²) in [5, 5.41) is 12.9. The number of esters is 1. The number of rotatable bonds is 7. The standard InChI is InChI=1S/C17H22N6O5S/c1-13-5-6-14(9-15(13)29(26,27)23-7-3-2-4-8-23)19-16(24)11-28-17(25)10-22-12-18-20-21-22/h5-6,9,12H,2-4,7-8,10-11H2,1H3,(H,19,24). The Balaban J connectivity index is 1.61. The van der Waals surface area contributed by atoms with Crippen molar-refractivity contribution in [1.82, 2.24) is 24.5 Å². The van der Waals surface area contributed by atoms with E-state index >= 15 is 0 Å². The third kappa shape index (κ3) is 5.35. The average molecular weight is 422 g/mol. The molecule has 12 heteroatoms. The highest BCUT2D eigenvalue weighted by Gasteiger charge is 2.27. The minimum atomic E-state index is -3.63. The molecule has 1 aromatic heterocycles. The Morgan fingerprint density at radius 1 is 1.21 bits per heavy atom. The number of carbonyl (C=O) groups excluding carboxylic acids is 2. The van der Waals surface area contributed by atoms with Crippen LogP contribution in [0.1, 0.15) is 24.8 Å². The van der Waals surface area contributed by atoms with Gasteiger partial charge >= 0.3 is 5.97 Å². The van der Waals surface area contributed by atoms with Crippen LogP contribution >= 0.6 is 0 Å². The first kappa shape index (κ1) is 20.9. The highest BCUT2D eigenvalue weighted by atomic mass is 32.2. The van der Waals surface area contributed by atoms with E-state index in [1.165, 1.54) is 16.7 Å². The fourth-order valence-corrected chi connectivity index (χ4v) is 4.74. The Kier molecular flexibility index (Phi) is 6.54. The predicted octanol–water partition coefficient (Wildman–Crippen LogP) is 0.338. The molecule has 0 aliphatic carbocycles. The van der Waals surface area contributed by atoms with Crippen molar-refractivity contribution in [3.8, 4) is 0 Å². The molecule has 3 rings (SSSR count). The number of aryl methyl sites for hydroxylation is 1. The third-order valence-electron chi connectivity index (χ3n) is 4.45. The van der Waals surface area contributed by atoms with Crippen LogP contribution in [0.2, 0.25) is 0 Å². The maximum atomic E-state index is 12.9.